The van der Waals surface area contributed by atoms with E-state index in [-0.39, 0.29) is 5.60 Å². The zero-order valence-corrected chi connectivity index (χ0v) is 12.7. The van der Waals surface area contributed by atoms with Gasteiger partial charge in [0.25, 0.3) is 0 Å². The van der Waals surface area contributed by atoms with Crippen molar-refractivity contribution < 1.29 is 4.74 Å². The van der Waals surface area contributed by atoms with Crippen LogP contribution >= 0.6 is 0 Å². The van der Waals surface area contributed by atoms with Gasteiger partial charge >= 0.3 is 0 Å². The van der Waals surface area contributed by atoms with Crippen molar-refractivity contribution >= 4 is 0 Å². The maximum Gasteiger partial charge on any atom is 0.126 e. The average Bonchev–Trinajstić information content (AvgIpc) is 2.23. The van der Waals surface area contributed by atoms with E-state index in [1.54, 1.807) is 0 Å². The largest absolute Gasteiger partial charge is 0.486 e. The first kappa shape index (κ1) is 15.0. The fourth-order valence-electron chi connectivity index (χ4n) is 2.21. The average molecular weight is 249 g/mol. The molecule has 1 aromatic rings. The van der Waals surface area contributed by atoms with Crippen LogP contribution in [0.15, 0.2) is 12.1 Å². The van der Waals surface area contributed by atoms with E-state index >= 15 is 0 Å². The van der Waals surface area contributed by atoms with Crippen LogP contribution in [0.3, 0.4) is 0 Å². The van der Waals surface area contributed by atoms with Crippen molar-refractivity contribution in [2.24, 2.45) is 0 Å². The standard InChI is InChI=1S/C16H27NO/c1-7-8-17-11-16(5,6)18-15-13(3)9-12(2)10-14(15)4/h9-10,17H,7-8,11H2,1-6H3. The molecule has 0 atom stereocenters. The Morgan fingerprint density at radius 1 is 1.11 bits per heavy atom. The molecule has 2 heteroatoms. The van der Waals surface area contributed by atoms with Gasteiger partial charge in [0, 0.05) is 6.54 Å². The lowest BCUT2D eigenvalue weighted by Gasteiger charge is -2.29. The van der Waals surface area contributed by atoms with Crippen molar-refractivity contribution in [1.82, 2.24) is 5.32 Å². The van der Waals surface area contributed by atoms with Crippen molar-refractivity contribution in [3.8, 4) is 5.75 Å². The normalized spacial score (nSPS) is 11.7. The Morgan fingerprint density at radius 2 is 1.67 bits per heavy atom. The summed E-state index contributed by atoms with van der Waals surface area (Å²) in [5, 5.41) is 3.42. The van der Waals surface area contributed by atoms with Crippen LogP contribution in [-0.2, 0) is 0 Å². The van der Waals surface area contributed by atoms with E-state index in [0.717, 1.165) is 25.3 Å². The van der Waals surface area contributed by atoms with Gasteiger partial charge in [0.2, 0.25) is 0 Å². The molecule has 18 heavy (non-hydrogen) atoms. The van der Waals surface area contributed by atoms with Crippen LogP contribution in [0, 0.1) is 20.8 Å². The Labute approximate surface area is 112 Å². The number of rotatable bonds is 6. The summed E-state index contributed by atoms with van der Waals surface area (Å²) >= 11 is 0. The molecule has 1 aromatic carbocycles. The molecule has 1 N–H and O–H groups in total. The number of aryl methyl sites for hydroxylation is 3. The second-order valence-corrected chi connectivity index (χ2v) is 5.77. The molecule has 0 heterocycles. The number of benzene rings is 1. The molecule has 0 bridgehead atoms. The quantitative estimate of drug-likeness (QED) is 0.775. The molecule has 0 unspecified atom stereocenters. The molecular formula is C16H27NO. The van der Waals surface area contributed by atoms with Gasteiger partial charge in [-0.1, -0.05) is 24.6 Å². The van der Waals surface area contributed by atoms with Crippen LogP contribution in [0.25, 0.3) is 0 Å². The minimum absolute atomic E-state index is 0.181. The second-order valence-electron chi connectivity index (χ2n) is 5.77. The molecule has 0 aliphatic carbocycles. The predicted molar refractivity (Wildman–Crippen MR) is 78.5 cm³/mol. The van der Waals surface area contributed by atoms with Crippen molar-refractivity contribution in [3.63, 3.8) is 0 Å². The highest BCUT2D eigenvalue weighted by Gasteiger charge is 2.21. The molecule has 0 aliphatic heterocycles. The molecule has 0 saturated carbocycles. The molecule has 1 rings (SSSR count). The van der Waals surface area contributed by atoms with E-state index in [1.165, 1.54) is 16.7 Å². The minimum atomic E-state index is -0.181. The molecule has 0 fully saturated rings. The first-order valence-electron chi connectivity index (χ1n) is 6.83. The van der Waals surface area contributed by atoms with Crippen LogP contribution < -0.4 is 10.1 Å². The van der Waals surface area contributed by atoms with Gasteiger partial charge in [-0.05, 0) is 58.7 Å². The summed E-state index contributed by atoms with van der Waals surface area (Å²) in [6.45, 7) is 14.7. The van der Waals surface area contributed by atoms with Gasteiger partial charge in [0.15, 0.2) is 0 Å². The Hall–Kier alpha value is -1.02. The summed E-state index contributed by atoms with van der Waals surface area (Å²) in [4.78, 5) is 0. The predicted octanol–water partition coefficient (Wildman–Crippen LogP) is 3.77. The summed E-state index contributed by atoms with van der Waals surface area (Å²) in [6, 6.07) is 4.36. The van der Waals surface area contributed by atoms with E-state index in [4.69, 9.17) is 4.74 Å². The zero-order chi connectivity index (χ0) is 13.8. The Balaban J connectivity index is 2.77. The molecule has 0 aromatic heterocycles. The maximum atomic E-state index is 6.20. The zero-order valence-electron chi connectivity index (χ0n) is 12.7. The molecule has 0 saturated heterocycles. The third-order valence-corrected chi connectivity index (χ3v) is 2.96. The van der Waals surface area contributed by atoms with Crippen molar-refractivity contribution in [2.45, 2.75) is 53.6 Å². The fraction of sp³-hybridized carbons (Fsp3) is 0.625. The van der Waals surface area contributed by atoms with Crippen LogP contribution in [-0.4, -0.2) is 18.7 Å². The van der Waals surface area contributed by atoms with Crippen molar-refractivity contribution in [3.05, 3.63) is 28.8 Å². The molecule has 0 radical (unpaired) electrons. The highest BCUT2D eigenvalue weighted by atomic mass is 16.5. The van der Waals surface area contributed by atoms with Gasteiger partial charge in [-0.2, -0.15) is 0 Å². The first-order chi connectivity index (χ1) is 8.35. The monoisotopic (exact) mass is 249 g/mol. The minimum Gasteiger partial charge on any atom is -0.486 e. The van der Waals surface area contributed by atoms with Gasteiger partial charge in [-0.25, -0.2) is 0 Å². The Bertz CT molecular complexity index is 373. The molecule has 2 nitrogen and oxygen atoms in total. The second kappa shape index (κ2) is 6.24. The van der Waals surface area contributed by atoms with Crippen molar-refractivity contribution in [1.29, 1.82) is 0 Å². The number of ether oxygens (including phenoxy) is 1. The van der Waals surface area contributed by atoms with Crippen LogP contribution in [0.1, 0.15) is 43.9 Å². The summed E-state index contributed by atoms with van der Waals surface area (Å²) in [5.74, 6) is 1.03. The van der Waals surface area contributed by atoms with E-state index < -0.39 is 0 Å². The lowest BCUT2D eigenvalue weighted by atomic mass is 10.0. The van der Waals surface area contributed by atoms with Crippen LogP contribution in [0.4, 0.5) is 0 Å². The summed E-state index contributed by atoms with van der Waals surface area (Å²) in [6.07, 6.45) is 1.15. The Kier molecular flexibility index (Phi) is 5.21. The first-order valence-corrected chi connectivity index (χ1v) is 6.83. The fourth-order valence-corrected chi connectivity index (χ4v) is 2.21. The van der Waals surface area contributed by atoms with Crippen LogP contribution in [0.2, 0.25) is 0 Å². The van der Waals surface area contributed by atoms with E-state index in [0.29, 0.717) is 0 Å². The molecule has 0 spiro atoms. The van der Waals surface area contributed by atoms with Gasteiger partial charge in [-0.3, -0.25) is 0 Å². The summed E-state index contributed by atoms with van der Waals surface area (Å²) in [5.41, 5.74) is 3.55. The lowest BCUT2D eigenvalue weighted by molar-refractivity contribution is 0.106. The van der Waals surface area contributed by atoms with E-state index in [2.05, 4.69) is 59.0 Å². The van der Waals surface area contributed by atoms with Gasteiger partial charge in [0.1, 0.15) is 11.4 Å². The van der Waals surface area contributed by atoms with E-state index in [9.17, 15) is 0 Å². The number of hydrogen-bond donors (Lipinski definition) is 1. The maximum absolute atomic E-state index is 6.20. The van der Waals surface area contributed by atoms with E-state index in [1.807, 2.05) is 0 Å². The summed E-state index contributed by atoms with van der Waals surface area (Å²) < 4.78 is 6.20. The SMILES string of the molecule is CCCNCC(C)(C)Oc1c(C)cc(C)cc1C. The molecular weight excluding hydrogens is 222 g/mol. The number of hydrogen-bond acceptors (Lipinski definition) is 2. The van der Waals surface area contributed by atoms with Crippen molar-refractivity contribution in [2.75, 3.05) is 13.1 Å². The molecule has 0 aliphatic rings. The smallest absolute Gasteiger partial charge is 0.126 e. The molecule has 0 amide bonds. The van der Waals surface area contributed by atoms with Crippen LogP contribution in [0.5, 0.6) is 5.75 Å². The highest BCUT2D eigenvalue weighted by Crippen LogP contribution is 2.28. The highest BCUT2D eigenvalue weighted by molar-refractivity contribution is 5.43. The third-order valence-electron chi connectivity index (χ3n) is 2.96. The van der Waals surface area contributed by atoms with Gasteiger partial charge < -0.3 is 10.1 Å². The number of nitrogens with one attached hydrogen (secondary N) is 1. The summed E-state index contributed by atoms with van der Waals surface area (Å²) in [7, 11) is 0. The van der Waals surface area contributed by atoms with Gasteiger partial charge in [-0.15, -0.1) is 0 Å². The topological polar surface area (TPSA) is 21.3 Å². The lowest BCUT2D eigenvalue weighted by Crippen LogP contribution is -2.40. The Morgan fingerprint density at radius 3 is 2.17 bits per heavy atom. The third kappa shape index (κ3) is 4.34. The molecule has 102 valence electrons. The van der Waals surface area contributed by atoms with Gasteiger partial charge in [0.05, 0.1) is 0 Å².